The molecule has 0 aromatic heterocycles. The van der Waals surface area contributed by atoms with Crippen LogP contribution in [0.4, 0.5) is 0 Å². The van der Waals surface area contributed by atoms with Crippen LogP contribution in [0.1, 0.15) is 97.3 Å². The molecule has 162 valence electrons. The second-order valence-electron chi connectivity index (χ2n) is 7.46. The smallest absolute Gasteiger partial charge is 0.307 e. The Morgan fingerprint density at radius 1 is 0.889 bits per heavy atom. The van der Waals surface area contributed by atoms with Crippen LogP contribution in [0.5, 0.6) is 0 Å². The molecular formula is C22H45NO4. The van der Waals surface area contributed by atoms with Gasteiger partial charge in [-0.25, -0.2) is 0 Å². The molecule has 0 aliphatic heterocycles. The van der Waals surface area contributed by atoms with E-state index in [0.717, 1.165) is 12.8 Å². The summed E-state index contributed by atoms with van der Waals surface area (Å²) < 4.78 is 10.6. The molecular weight excluding hydrogens is 342 g/mol. The first-order chi connectivity index (χ1) is 13.2. The summed E-state index contributed by atoms with van der Waals surface area (Å²) in [6, 6.07) is 0. The number of esters is 1. The van der Waals surface area contributed by atoms with Gasteiger partial charge in [0.25, 0.3) is 0 Å². The number of aliphatic hydroxyl groups excluding tert-OH is 1. The number of nitrogens with one attached hydrogen (secondary N) is 1. The molecule has 0 spiro atoms. The monoisotopic (exact) mass is 387 g/mol. The van der Waals surface area contributed by atoms with Gasteiger partial charge in [-0.2, -0.15) is 0 Å². The molecule has 0 bridgehead atoms. The van der Waals surface area contributed by atoms with Crippen LogP contribution in [-0.4, -0.2) is 50.1 Å². The average molecular weight is 388 g/mol. The third-order valence-electron chi connectivity index (χ3n) is 4.71. The number of hydrogen-bond donors (Lipinski definition) is 2. The lowest BCUT2D eigenvalue weighted by molar-refractivity contribution is -0.148. The molecule has 1 atom stereocenters. The summed E-state index contributed by atoms with van der Waals surface area (Å²) in [5.41, 5.74) is 0. The molecule has 0 saturated heterocycles. The van der Waals surface area contributed by atoms with Crippen LogP contribution in [0.3, 0.4) is 0 Å². The summed E-state index contributed by atoms with van der Waals surface area (Å²) >= 11 is 0. The predicted molar refractivity (Wildman–Crippen MR) is 112 cm³/mol. The first-order valence-electron chi connectivity index (χ1n) is 11.3. The summed E-state index contributed by atoms with van der Waals surface area (Å²) in [7, 11) is 0. The minimum Gasteiger partial charge on any atom is -0.463 e. The SMILES string of the molecule is CCCCCCCCCCCCCC(C)OC(=O)CCNCCOCCO. The van der Waals surface area contributed by atoms with E-state index in [4.69, 9.17) is 14.6 Å². The van der Waals surface area contributed by atoms with Crippen LogP contribution in [-0.2, 0) is 14.3 Å². The van der Waals surface area contributed by atoms with Gasteiger partial charge in [0.05, 0.1) is 32.3 Å². The van der Waals surface area contributed by atoms with E-state index in [1.165, 1.54) is 64.2 Å². The number of aliphatic hydroxyl groups is 1. The van der Waals surface area contributed by atoms with Crippen LogP contribution >= 0.6 is 0 Å². The van der Waals surface area contributed by atoms with Gasteiger partial charge in [0.15, 0.2) is 0 Å². The summed E-state index contributed by atoms with van der Waals surface area (Å²) in [6.45, 7) is 6.49. The number of carbonyl (C=O) groups is 1. The van der Waals surface area contributed by atoms with Crippen molar-refractivity contribution in [3.63, 3.8) is 0 Å². The Hall–Kier alpha value is -0.650. The molecule has 0 aromatic carbocycles. The molecule has 5 heteroatoms. The summed E-state index contributed by atoms with van der Waals surface area (Å²) in [6.07, 6.45) is 16.1. The Labute approximate surface area is 167 Å². The van der Waals surface area contributed by atoms with Gasteiger partial charge in [-0.05, 0) is 19.8 Å². The molecule has 0 aromatic rings. The van der Waals surface area contributed by atoms with E-state index in [0.29, 0.717) is 32.7 Å². The van der Waals surface area contributed by atoms with E-state index in [1.807, 2.05) is 6.92 Å². The Morgan fingerprint density at radius 3 is 2.07 bits per heavy atom. The fraction of sp³-hybridized carbons (Fsp3) is 0.955. The first kappa shape index (κ1) is 26.4. The molecule has 0 saturated carbocycles. The highest BCUT2D eigenvalue weighted by molar-refractivity contribution is 5.69. The van der Waals surface area contributed by atoms with Gasteiger partial charge < -0.3 is 19.9 Å². The lowest BCUT2D eigenvalue weighted by atomic mass is 10.0. The highest BCUT2D eigenvalue weighted by Crippen LogP contribution is 2.13. The average Bonchev–Trinajstić information content (AvgIpc) is 2.65. The van der Waals surface area contributed by atoms with Crippen LogP contribution in [0.2, 0.25) is 0 Å². The van der Waals surface area contributed by atoms with Gasteiger partial charge in [-0.3, -0.25) is 4.79 Å². The van der Waals surface area contributed by atoms with Crippen molar-refractivity contribution in [3.05, 3.63) is 0 Å². The lowest BCUT2D eigenvalue weighted by Crippen LogP contribution is -2.25. The predicted octanol–water partition coefficient (Wildman–Crippen LogP) is 4.61. The first-order valence-corrected chi connectivity index (χ1v) is 11.3. The molecule has 0 aliphatic carbocycles. The van der Waals surface area contributed by atoms with Crippen molar-refractivity contribution in [3.8, 4) is 0 Å². The Morgan fingerprint density at radius 2 is 1.48 bits per heavy atom. The second kappa shape index (κ2) is 21.6. The third kappa shape index (κ3) is 21.5. The zero-order valence-corrected chi connectivity index (χ0v) is 18.0. The summed E-state index contributed by atoms with van der Waals surface area (Å²) in [5.74, 6) is -0.130. The molecule has 0 fully saturated rings. The Kier molecular flexibility index (Phi) is 21.1. The fourth-order valence-electron chi connectivity index (χ4n) is 3.06. The fourth-order valence-corrected chi connectivity index (χ4v) is 3.06. The molecule has 0 amide bonds. The van der Waals surface area contributed by atoms with E-state index in [2.05, 4.69) is 12.2 Å². The minimum atomic E-state index is -0.130. The van der Waals surface area contributed by atoms with E-state index in [-0.39, 0.29) is 18.7 Å². The van der Waals surface area contributed by atoms with E-state index in [1.54, 1.807) is 0 Å². The van der Waals surface area contributed by atoms with Crippen LogP contribution in [0, 0.1) is 0 Å². The molecule has 27 heavy (non-hydrogen) atoms. The van der Waals surface area contributed by atoms with Crippen molar-refractivity contribution >= 4 is 5.97 Å². The van der Waals surface area contributed by atoms with Crippen LogP contribution in [0.15, 0.2) is 0 Å². The normalized spacial score (nSPS) is 12.3. The maximum Gasteiger partial charge on any atom is 0.307 e. The van der Waals surface area contributed by atoms with Gasteiger partial charge in [0.2, 0.25) is 0 Å². The van der Waals surface area contributed by atoms with Crippen molar-refractivity contribution in [2.24, 2.45) is 0 Å². The number of hydrogen-bond acceptors (Lipinski definition) is 5. The van der Waals surface area contributed by atoms with Crippen molar-refractivity contribution in [2.75, 3.05) is 32.9 Å². The van der Waals surface area contributed by atoms with Crippen molar-refractivity contribution < 1.29 is 19.4 Å². The largest absolute Gasteiger partial charge is 0.463 e. The van der Waals surface area contributed by atoms with E-state index in [9.17, 15) is 4.79 Å². The molecule has 5 nitrogen and oxygen atoms in total. The second-order valence-corrected chi connectivity index (χ2v) is 7.46. The topological polar surface area (TPSA) is 67.8 Å². The number of carbonyl (C=O) groups excluding carboxylic acids is 1. The Bertz CT molecular complexity index is 313. The van der Waals surface area contributed by atoms with E-state index >= 15 is 0 Å². The maximum absolute atomic E-state index is 11.8. The van der Waals surface area contributed by atoms with Crippen molar-refractivity contribution in [1.82, 2.24) is 5.32 Å². The third-order valence-corrected chi connectivity index (χ3v) is 4.71. The molecule has 2 N–H and O–H groups in total. The maximum atomic E-state index is 11.8. The van der Waals surface area contributed by atoms with Gasteiger partial charge in [-0.15, -0.1) is 0 Å². The molecule has 0 rings (SSSR count). The molecule has 1 unspecified atom stereocenters. The molecule has 0 aliphatic rings. The van der Waals surface area contributed by atoms with Gasteiger partial charge in [0, 0.05) is 13.1 Å². The quantitative estimate of drug-likeness (QED) is 0.222. The van der Waals surface area contributed by atoms with Crippen LogP contribution in [0.25, 0.3) is 0 Å². The van der Waals surface area contributed by atoms with Gasteiger partial charge >= 0.3 is 5.97 Å². The Balaban J connectivity index is 3.30. The lowest BCUT2D eigenvalue weighted by Gasteiger charge is -2.13. The minimum absolute atomic E-state index is 0.0175. The molecule has 0 radical (unpaired) electrons. The highest BCUT2D eigenvalue weighted by atomic mass is 16.5. The molecule has 0 heterocycles. The van der Waals surface area contributed by atoms with Crippen LogP contribution < -0.4 is 5.32 Å². The number of rotatable bonds is 21. The van der Waals surface area contributed by atoms with E-state index < -0.39 is 0 Å². The van der Waals surface area contributed by atoms with Crippen molar-refractivity contribution in [1.29, 1.82) is 0 Å². The number of unbranched alkanes of at least 4 members (excludes halogenated alkanes) is 10. The van der Waals surface area contributed by atoms with Gasteiger partial charge in [-0.1, -0.05) is 71.1 Å². The zero-order valence-electron chi connectivity index (χ0n) is 18.0. The van der Waals surface area contributed by atoms with Crippen molar-refractivity contribution in [2.45, 2.75) is 103 Å². The number of ether oxygens (including phenoxy) is 2. The van der Waals surface area contributed by atoms with Gasteiger partial charge in [0.1, 0.15) is 0 Å². The summed E-state index contributed by atoms with van der Waals surface area (Å²) in [4.78, 5) is 11.8. The summed E-state index contributed by atoms with van der Waals surface area (Å²) in [5, 5.41) is 11.7. The standard InChI is InChI=1S/C22H45NO4/c1-3-4-5-6-7-8-9-10-11-12-13-14-21(2)27-22(25)15-16-23-17-19-26-20-18-24/h21,23-24H,3-20H2,1-2H3. The zero-order chi connectivity index (χ0) is 20.0. The highest BCUT2D eigenvalue weighted by Gasteiger charge is 2.08.